The van der Waals surface area contributed by atoms with E-state index in [1.807, 2.05) is 20.8 Å². The van der Waals surface area contributed by atoms with Gasteiger partial charge in [-0.3, -0.25) is 9.59 Å². The maximum absolute atomic E-state index is 13.5. The van der Waals surface area contributed by atoms with E-state index < -0.39 is 33.6 Å². The molecule has 2 amide bonds. The van der Waals surface area contributed by atoms with Gasteiger partial charge in [0, 0.05) is 11.7 Å². The number of halogens is 1. The highest BCUT2D eigenvalue weighted by atomic mass is 32.2. The zero-order chi connectivity index (χ0) is 25.3. The van der Waals surface area contributed by atoms with Crippen LogP contribution in [0.5, 0.6) is 0 Å². The van der Waals surface area contributed by atoms with Crippen molar-refractivity contribution in [2.75, 3.05) is 4.90 Å². The minimum atomic E-state index is -4.15. The van der Waals surface area contributed by atoms with Gasteiger partial charge in [0.05, 0.1) is 4.90 Å². The van der Waals surface area contributed by atoms with E-state index in [2.05, 4.69) is 4.72 Å². The number of carbonyl (C=O) groups excluding carboxylic acids is 2. The van der Waals surface area contributed by atoms with Crippen molar-refractivity contribution in [3.63, 3.8) is 0 Å². The molecule has 1 atom stereocenters. The lowest BCUT2D eigenvalue weighted by atomic mass is 9.87. The fourth-order valence-corrected chi connectivity index (χ4v) is 4.87. The maximum Gasteiger partial charge on any atom is 0.264 e. The predicted octanol–water partition coefficient (Wildman–Crippen LogP) is 4.79. The molecule has 2 aromatic rings. The molecule has 1 aliphatic rings. The van der Waals surface area contributed by atoms with Crippen molar-refractivity contribution in [1.29, 1.82) is 0 Å². The van der Waals surface area contributed by atoms with E-state index in [4.69, 9.17) is 0 Å². The van der Waals surface area contributed by atoms with E-state index in [0.29, 0.717) is 5.69 Å². The van der Waals surface area contributed by atoms with Crippen molar-refractivity contribution >= 4 is 27.5 Å². The molecule has 1 saturated carbocycles. The number of rotatable bonds is 8. The van der Waals surface area contributed by atoms with Crippen molar-refractivity contribution in [2.24, 2.45) is 11.8 Å². The fraction of sp³-hybridized carbons (Fsp3) is 0.462. The first-order valence-electron chi connectivity index (χ1n) is 11.6. The van der Waals surface area contributed by atoms with Crippen LogP contribution in [-0.4, -0.2) is 26.3 Å². The molecular weight excluding hydrogens is 455 g/mol. The van der Waals surface area contributed by atoms with Crippen LogP contribution in [0.4, 0.5) is 10.1 Å². The Labute approximate surface area is 201 Å². The molecule has 1 unspecified atom stereocenters. The predicted molar refractivity (Wildman–Crippen MR) is 130 cm³/mol. The second-order valence-corrected chi connectivity index (χ2v) is 11.9. The molecule has 1 fully saturated rings. The Morgan fingerprint density at radius 3 is 2.06 bits per heavy atom. The minimum absolute atomic E-state index is 0.0364. The van der Waals surface area contributed by atoms with Crippen LogP contribution in [-0.2, 0) is 25.0 Å². The smallest absolute Gasteiger partial charge is 0.264 e. The molecule has 1 aliphatic carbocycles. The summed E-state index contributed by atoms with van der Waals surface area (Å²) in [6.07, 6.45) is 2.07. The van der Waals surface area contributed by atoms with Crippen LogP contribution in [0.15, 0.2) is 53.4 Å². The summed E-state index contributed by atoms with van der Waals surface area (Å²) in [6.45, 7) is 9.65. The SMILES string of the molecule is CC(C)N(C(=O)C(CC1CC1)C(=O)NS(=O)(=O)c1ccc(C(C)(C)C)cc1)c1ccc(F)cc1. The van der Waals surface area contributed by atoms with Crippen molar-refractivity contribution in [3.05, 3.63) is 59.9 Å². The van der Waals surface area contributed by atoms with E-state index in [0.717, 1.165) is 18.4 Å². The van der Waals surface area contributed by atoms with E-state index in [9.17, 15) is 22.4 Å². The summed E-state index contributed by atoms with van der Waals surface area (Å²) in [5, 5.41) is 0. The summed E-state index contributed by atoms with van der Waals surface area (Å²) >= 11 is 0. The first-order valence-corrected chi connectivity index (χ1v) is 13.0. The number of amides is 2. The van der Waals surface area contributed by atoms with Gasteiger partial charge in [0.15, 0.2) is 0 Å². The van der Waals surface area contributed by atoms with Gasteiger partial charge in [0.2, 0.25) is 11.8 Å². The third kappa shape index (κ3) is 6.23. The average Bonchev–Trinajstić information content (AvgIpc) is 3.56. The number of hydrogen-bond acceptors (Lipinski definition) is 4. The first-order chi connectivity index (χ1) is 15.8. The van der Waals surface area contributed by atoms with E-state index in [1.165, 1.54) is 41.3 Å². The lowest BCUT2D eigenvalue weighted by Crippen LogP contribution is -2.48. The van der Waals surface area contributed by atoms with Gasteiger partial charge in [-0.1, -0.05) is 45.7 Å². The van der Waals surface area contributed by atoms with Gasteiger partial charge in [0.1, 0.15) is 11.7 Å². The van der Waals surface area contributed by atoms with Crippen LogP contribution in [0, 0.1) is 17.7 Å². The molecule has 8 heteroatoms. The van der Waals surface area contributed by atoms with Gasteiger partial charge < -0.3 is 4.90 Å². The molecule has 1 N–H and O–H groups in total. The van der Waals surface area contributed by atoms with Crippen LogP contribution in [0.3, 0.4) is 0 Å². The topological polar surface area (TPSA) is 83.6 Å². The number of benzene rings is 2. The largest absolute Gasteiger partial charge is 0.309 e. The normalized spacial score (nSPS) is 15.1. The number of anilines is 1. The Kier molecular flexibility index (Phi) is 7.50. The molecule has 0 saturated heterocycles. The minimum Gasteiger partial charge on any atom is -0.309 e. The van der Waals surface area contributed by atoms with Crippen molar-refractivity contribution < 1.29 is 22.4 Å². The van der Waals surface area contributed by atoms with Crippen molar-refractivity contribution in [1.82, 2.24) is 4.72 Å². The zero-order valence-electron chi connectivity index (χ0n) is 20.3. The molecular formula is C26H33FN2O4S. The summed E-state index contributed by atoms with van der Waals surface area (Å²) in [5.74, 6) is -2.73. The number of sulfonamides is 1. The Morgan fingerprint density at radius 2 is 1.59 bits per heavy atom. The average molecular weight is 489 g/mol. The highest BCUT2D eigenvalue weighted by molar-refractivity contribution is 7.90. The van der Waals surface area contributed by atoms with Crippen LogP contribution in [0.2, 0.25) is 0 Å². The summed E-state index contributed by atoms with van der Waals surface area (Å²) < 4.78 is 41.4. The number of hydrogen-bond donors (Lipinski definition) is 1. The van der Waals surface area contributed by atoms with Crippen LogP contribution in [0.25, 0.3) is 0 Å². The van der Waals surface area contributed by atoms with E-state index >= 15 is 0 Å². The molecule has 0 aliphatic heterocycles. The standard InChI is InChI=1S/C26H33FN2O4S/c1-17(2)29(21-12-10-20(27)11-13-21)25(31)23(16-18-6-7-18)24(30)28-34(32,33)22-14-8-19(9-15-22)26(3,4)5/h8-15,17-18,23H,6-7,16H2,1-5H3,(H,28,30). The number of nitrogens with zero attached hydrogens (tertiary/aromatic N) is 1. The lowest BCUT2D eigenvalue weighted by molar-refractivity contribution is -0.133. The summed E-state index contributed by atoms with van der Waals surface area (Å²) in [4.78, 5) is 28.1. The molecule has 0 heterocycles. The fourth-order valence-electron chi connectivity index (χ4n) is 3.85. The molecule has 0 aromatic heterocycles. The molecule has 0 radical (unpaired) electrons. The van der Waals surface area contributed by atoms with E-state index in [1.54, 1.807) is 26.0 Å². The molecule has 34 heavy (non-hydrogen) atoms. The van der Waals surface area contributed by atoms with E-state index in [-0.39, 0.29) is 28.7 Å². The Morgan fingerprint density at radius 1 is 1.03 bits per heavy atom. The maximum atomic E-state index is 13.5. The molecule has 2 aromatic carbocycles. The highest BCUT2D eigenvalue weighted by Gasteiger charge is 2.39. The first kappa shape index (κ1) is 25.9. The molecule has 0 spiro atoms. The van der Waals surface area contributed by atoms with Gasteiger partial charge in [0.25, 0.3) is 10.0 Å². The van der Waals surface area contributed by atoms with Crippen molar-refractivity contribution in [2.45, 2.75) is 70.2 Å². The lowest BCUT2D eigenvalue weighted by Gasteiger charge is -2.30. The number of nitrogens with one attached hydrogen (secondary N) is 1. The third-order valence-electron chi connectivity index (χ3n) is 6.00. The Bertz CT molecular complexity index is 1130. The van der Waals surface area contributed by atoms with Crippen LogP contribution < -0.4 is 9.62 Å². The molecule has 3 rings (SSSR count). The van der Waals surface area contributed by atoms with Crippen molar-refractivity contribution in [3.8, 4) is 0 Å². The monoisotopic (exact) mass is 488 g/mol. The Balaban J connectivity index is 1.85. The third-order valence-corrected chi connectivity index (χ3v) is 7.37. The second kappa shape index (κ2) is 9.86. The van der Waals surface area contributed by atoms with Gasteiger partial charge >= 0.3 is 0 Å². The quantitative estimate of drug-likeness (QED) is 0.542. The van der Waals surface area contributed by atoms with Gasteiger partial charge in [-0.25, -0.2) is 17.5 Å². The Hall–Kier alpha value is -2.74. The highest BCUT2D eigenvalue weighted by Crippen LogP contribution is 2.37. The summed E-state index contributed by atoms with van der Waals surface area (Å²) in [7, 11) is -4.15. The number of carbonyl (C=O) groups is 2. The molecule has 184 valence electrons. The summed E-state index contributed by atoms with van der Waals surface area (Å²) in [5.41, 5.74) is 1.27. The van der Waals surface area contributed by atoms with Gasteiger partial charge in [-0.2, -0.15) is 0 Å². The molecule has 6 nitrogen and oxygen atoms in total. The second-order valence-electron chi connectivity index (χ2n) is 10.3. The summed E-state index contributed by atoms with van der Waals surface area (Å²) in [6, 6.07) is 11.5. The van der Waals surface area contributed by atoms with Gasteiger partial charge in [-0.05, 0) is 73.6 Å². The van der Waals surface area contributed by atoms with Gasteiger partial charge in [-0.15, -0.1) is 0 Å². The zero-order valence-corrected chi connectivity index (χ0v) is 21.2. The van der Waals surface area contributed by atoms with Crippen LogP contribution >= 0.6 is 0 Å². The molecule has 0 bridgehead atoms. The van der Waals surface area contributed by atoms with Crippen LogP contribution in [0.1, 0.15) is 59.4 Å².